The Bertz CT molecular complexity index is 1220. The molecule has 0 bridgehead atoms. The predicted octanol–water partition coefficient (Wildman–Crippen LogP) is 5.69. The van der Waals surface area contributed by atoms with Gasteiger partial charge in [0.2, 0.25) is 5.95 Å². The van der Waals surface area contributed by atoms with E-state index in [-0.39, 0.29) is 23.3 Å². The molecule has 2 atom stereocenters. The first-order valence-corrected chi connectivity index (χ1v) is 12.0. The molecule has 13 nitrogen and oxygen atoms in total. The number of benzene rings is 1. The lowest BCUT2D eigenvalue weighted by Gasteiger charge is -2.27. The molecule has 0 aliphatic heterocycles. The van der Waals surface area contributed by atoms with Crippen LogP contribution in [0.4, 0.5) is 26.0 Å². The number of non-ortho nitro benzene ring substituents is 1. The molecule has 0 saturated carbocycles. The van der Waals surface area contributed by atoms with E-state index in [4.69, 9.17) is 18.9 Å². The fourth-order valence-electron chi connectivity index (χ4n) is 3.37. The predicted molar refractivity (Wildman–Crippen MR) is 137 cm³/mol. The highest BCUT2D eigenvalue weighted by atomic mass is 16.7. The summed E-state index contributed by atoms with van der Waals surface area (Å²) in [7, 11) is 0. The molecule has 208 valence electrons. The summed E-state index contributed by atoms with van der Waals surface area (Å²) in [4.78, 5) is 56.9. The summed E-state index contributed by atoms with van der Waals surface area (Å²) in [6.45, 7) is 9.97. The minimum absolute atomic E-state index is 0.104. The van der Waals surface area contributed by atoms with Crippen LogP contribution >= 0.6 is 0 Å². The van der Waals surface area contributed by atoms with Crippen molar-refractivity contribution in [2.45, 2.75) is 71.2 Å². The molecule has 0 saturated heterocycles. The van der Waals surface area contributed by atoms with Gasteiger partial charge < -0.3 is 18.9 Å². The summed E-state index contributed by atoms with van der Waals surface area (Å²) in [5, 5.41) is 10.7. The average molecular weight is 543 g/mol. The Balaban J connectivity index is 1.64. The fourth-order valence-corrected chi connectivity index (χ4v) is 3.37. The maximum absolute atomic E-state index is 12.8. The Morgan fingerprint density at radius 2 is 1.46 bits per heavy atom. The van der Waals surface area contributed by atoms with Crippen LogP contribution in [0.3, 0.4) is 0 Å². The number of hydrogen-bond donors (Lipinski definition) is 0. The molecule has 0 unspecified atom stereocenters. The molecule has 0 spiro atoms. The molecule has 1 aromatic carbocycles. The SMILES string of the molecule is CC(C)(C)OC(=O)N(C(=O)OC(C)(C)C)c1ncc([C@H]2C=C[C@H](OC(=O)Oc3ccc([N+](=O)[O-])cc3)C2)cn1. The first-order valence-electron chi connectivity index (χ1n) is 12.0. The second kappa shape index (κ2) is 11.5. The quantitative estimate of drug-likeness (QED) is 0.114. The van der Waals surface area contributed by atoms with Crippen molar-refractivity contribution in [3.8, 4) is 5.75 Å². The molecular weight excluding hydrogens is 512 g/mol. The molecule has 2 aromatic rings. The van der Waals surface area contributed by atoms with Crippen molar-refractivity contribution >= 4 is 30.0 Å². The molecule has 2 amide bonds. The van der Waals surface area contributed by atoms with Crippen molar-refractivity contribution in [3.05, 3.63) is 64.5 Å². The van der Waals surface area contributed by atoms with Crippen LogP contribution in [0.15, 0.2) is 48.8 Å². The van der Waals surface area contributed by atoms with E-state index in [2.05, 4.69) is 9.97 Å². The van der Waals surface area contributed by atoms with E-state index in [1.54, 1.807) is 47.6 Å². The van der Waals surface area contributed by atoms with E-state index in [9.17, 15) is 24.5 Å². The van der Waals surface area contributed by atoms with Crippen molar-refractivity contribution in [1.82, 2.24) is 9.97 Å². The second-order valence-electron chi connectivity index (χ2n) is 10.6. The van der Waals surface area contributed by atoms with Gasteiger partial charge in [0.25, 0.3) is 5.69 Å². The van der Waals surface area contributed by atoms with Crippen LogP contribution < -0.4 is 9.64 Å². The first kappa shape index (κ1) is 29.0. The summed E-state index contributed by atoms with van der Waals surface area (Å²) in [6, 6.07) is 5.02. The Hall–Kier alpha value is -4.55. The zero-order valence-electron chi connectivity index (χ0n) is 22.4. The summed E-state index contributed by atoms with van der Waals surface area (Å²) in [6.07, 6.45) is 3.25. The number of nitro groups is 1. The third-order valence-corrected chi connectivity index (χ3v) is 4.98. The summed E-state index contributed by atoms with van der Waals surface area (Å²) < 4.78 is 21.1. The number of allylic oxidation sites excluding steroid dienone is 1. The zero-order valence-corrected chi connectivity index (χ0v) is 22.4. The van der Waals surface area contributed by atoms with Crippen LogP contribution in [0, 0.1) is 10.1 Å². The molecule has 3 rings (SSSR count). The Morgan fingerprint density at radius 3 is 1.95 bits per heavy atom. The molecule has 1 aliphatic rings. The van der Waals surface area contributed by atoms with Crippen LogP contribution in [0.2, 0.25) is 0 Å². The Morgan fingerprint density at radius 1 is 0.923 bits per heavy atom. The highest BCUT2D eigenvalue weighted by Gasteiger charge is 2.35. The molecule has 1 aromatic heterocycles. The van der Waals surface area contributed by atoms with Crippen LogP contribution in [0.25, 0.3) is 0 Å². The van der Waals surface area contributed by atoms with Gasteiger partial charge >= 0.3 is 18.3 Å². The highest BCUT2D eigenvalue weighted by molar-refractivity contribution is 6.08. The molecule has 13 heteroatoms. The number of anilines is 1. The second-order valence-corrected chi connectivity index (χ2v) is 10.6. The lowest BCUT2D eigenvalue weighted by atomic mass is 10.0. The van der Waals surface area contributed by atoms with E-state index < -0.39 is 40.6 Å². The Kier molecular flexibility index (Phi) is 8.52. The van der Waals surface area contributed by atoms with E-state index >= 15 is 0 Å². The smallest absolute Gasteiger partial charge is 0.443 e. The lowest BCUT2D eigenvalue weighted by molar-refractivity contribution is -0.384. The van der Waals surface area contributed by atoms with Gasteiger partial charge in [0.1, 0.15) is 23.1 Å². The third-order valence-electron chi connectivity index (χ3n) is 4.98. The van der Waals surface area contributed by atoms with E-state index in [0.717, 1.165) is 0 Å². The number of amides is 2. The van der Waals surface area contributed by atoms with Gasteiger partial charge in [-0.05, 0) is 71.7 Å². The topological polar surface area (TPSA) is 160 Å². The van der Waals surface area contributed by atoms with Crippen molar-refractivity contribution in [2.75, 3.05) is 4.90 Å². The number of ether oxygens (including phenoxy) is 4. The molecule has 39 heavy (non-hydrogen) atoms. The number of carbonyl (C=O) groups is 3. The number of aromatic nitrogens is 2. The molecule has 1 aliphatic carbocycles. The third kappa shape index (κ3) is 8.48. The van der Waals surface area contributed by atoms with Gasteiger partial charge in [0, 0.05) is 30.4 Å². The van der Waals surface area contributed by atoms with Crippen LogP contribution in [0.1, 0.15) is 59.4 Å². The lowest BCUT2D eigenvalue weighted by Crippen LogP contribution is -2.44. The van der Waals surface area contributed by atoms with Gasteiger partial charge in [-0.15, -0.1) is 4.90 Å². The van der Waals surface area contributed by atoms with E-state index in [0.29, 0.717) is 16.9 Å². The standard InChI is InChI=1S/C26H30N4O9/c1-25(2,3)38-22(31)29(23(32)39-26(4,5)6)21-27-14-17(15-28-21)16-7-10-20(13-16)37-24(33)36-19-11-8-18(9-12-19)30(34)35/h7-12,14-16,20H,13H2,1-6H3/t16-,20-/m0/s1. The van der Waals surface area contributed by atoms with Gasteiger partial charge in [-0.3, -0.25) is 10.1 Å². The highest BCUT2D eigenvalue weighted by Crippen LogP contribution is 2.30. The summed E-state index contributed by atoms with van der Waals surface area (Å²) in [5.74, 6) is -0.330. The fraction of sp³-hybridized carbons (Fsp3) is 0.423. The van der Waals surface area contributed by atoms with Crippen LogP contribution in [-0.4, -0.2) is 50.5 Å². The van der Waals surface area contributed by atoms with Gasteiger partial charge in [-0.1, -0.05) is 6.08 Å². The molecule has 1 heterocycles. The van der Waals surface area contributed by atoms with Gasteiger partial charge in [0.15, 0.2) is 0 Å². The number of hydrogen-bond acceptors (Lipinski definition) is 11. The van der Waals surface area contributed by atoms with Crippen molar-refractivity contribution < 1.29 is 38.3 Å². The largest absolute Gasteiger partial charge is 0.514 e. The zero-order chi connectivity index (χ0) is 29.0. The maximum Gasteiger partial charge on any atom is 0.514 e. The normalized spacial score (nSPS) is 16.8. The van der Waals surface area contributed by atoms with E-state index in [1.807, 2.05) is 6.08 Å². The van der Waals surface area contributed by atoms with Crippen molar-refractivity contribution in [2.24, 2.45) is 0 Å². The van der Waals surface area contributed by atoms with Gasteiger partial charge in [-0.25, -0.2) is 24.4 Å². The van der Waals surface area contributed by atoms with E-state index in [1.165, 1.54) is 36.7 Å². The molecule has 0 N–H and O–H groups in total. The first-order chi connectivity index (χ1) is 18.1. The van der Waals surface area contributed by atoms with Crippen LogP contribution in [-0.2, 0) is 14.2 Å². The number of nitrogens with zero attached hydrogens (tertiary/aromatic N) is 4. The van der Waals surface area contributed by atoms with Crippen molar-refractivity contribution in [1.29, 1.82) is 0 Å². The van der Waals surface area contributed by atoms with Gasteiger partial charge in [0.05, 0.1) is 4.92 Å². The average Bonchev–Trinajstić information content (AvgIpc) is 3.26. The minimum Gasteiger partial charge on any atom is -0.443 e. The number of imide groups is 1. The minimum atomic E-state index is -0.981. The van der Waals surface area contributed by atoms with Crippen LogP contribution in [0.5, 0.6) is 5.75 Å². The Labute approximate surface area is 224 Å². The summed E-state index contributed by atoms with van der Waals surface area (Å²) >= 11 is 0. The summed E-state index contributed by atoms with van der Waals surface area (Å²) in [5.41, 5.74) is -1.23. The van der Waals surface area contributed by atoms with Crippen molar-refractivity contribution in [3.63, 3.8) is 0 Å². The monoisotopic (exact) mass is 542 g/mol. The maximum atomic E-state index is 12.8. The van der Waals surface area contributed by atoms with Gasteiger partial charge in [-0.2, -0.15) is 0 Å². The molecule has 0 radical (unpaired) electrons. The molecule has 0 fully saturated rings. The number of rotatable bonds is 5. The number of nitro benzene ring substituents is 1. The number of carbonyl (C=O) groups excluding carboxylic acids is 3. The molecular formula is C26H30N4O9.